The van der Waals surface area contributed by atoms with Crippen LogP contribution in [0.5, 0.6) is 0 Å². The molecular formula is C18H30N2O. The molecule has 0 amide bonds. The zero-order valence-corrected chi connectivity index (χ0v) is 13.9. The van der Waals surface area contributed by atoms with Crippen LogP contribution in [0.3, 0.4) is 0 Å². The Labute approximate surface area is 129 Å². The second kappa shape index (κ2) is 7.39. The Morgan fingerprint density at radius 3 is 1.95 bits per heavy atom. The normalized spacial score (nSPS) is 20.7. The van der Waals surface area contributed by atoms with Gasteiger partial charge in [0.1, 0.15) is 0 Å². The van der Waals surface area contributed by atoms with Gasteiger partial charge in [0.25, 0.3) is 0 Å². The lowest BCUT2D eigenvalue weighted by Gasteiger charge is -2.41. The van der Waals surface area contributed by atoms with Crippen LogP contribution in [0.1, 0.15) is 44.9 Å². The van der Waals surface area contributed by atoms with Crippen LogP contribution < -0.4 is 0 Å². The van der Waals surface area contributed by atoms with Crippen molar-refractivity contribution in [3.8, 4) is 0 Å². The number of hydrogen-bond acceptors (Lipinski definition) is 3. The second-order valence-corrected chi connectivity index (χ2v) is 6.45. The molecule has 0 saturated carbocycles. The smallest absolute Gasteiger partial charge is 0.0942 e. The molecule has 2 atom stereocenters. The third kappa shape index (κ3) is 4.06. The van der Waals surface area contributed by atoms with Crippen molar-refractivity contribution in [1.82, 2.24) is 9.80 Å². The zero-order chi connectivity index (χ0) is 15.4. The summed E-state index contributed by atoms with van der Waals surface area (Å²) in [4.78, 5) is 4.92. The third-order valence-corrected chi connectivity index (χ3v) is 4.84. The number of piperazine rings is 1. The van der Waals surface area contributed by atoms with Crippen molar-refractivity contribution in [1.29, 1.82) is 0 Å². The van der Waals surface area contributed by atoms with Crippen LogP contribution in [0.2, 0.25) is 0 Å². The lowest BCUT2D eigenvalue weighted by atomic mass is 9.99. The molecule has 21 heavy (non-hydrogen) atoms. The molecule has 0 spiro atoms. The van der Waals surface area contributed by atoms with Gasteiger partial charge < -0.3 is 5.11 Å². The van der Waals surface area contributed by atoms with E-state index in [1.54, 1.807) is 0 Å². The van der Waals surface area contributed by atoms with E-state index >= 15 is 0 Å². The van der Waals surface area contributed by atoms with Gasteiger partial charge in [0.2, 0.25) is 0 Å². The number of nitrogens with zero attached hydrogens (tertiary/aromatic N) is 2. The molecule has 1 aliphatic rings. The van der Waals surface area contributed by atoms with E-state index in [0.717, 1.165) is 38.2 Å². The van der Waals surface area contributed by atoms with Gasteiger partial charge in [0.15, 0.2) is 0 Å². The molecule has 2 unspecified atom stereocenters. The Bertz CT molecular complexity index is 421. The average Bonchev–Trinajstić information content (AvgIpc) is 2.53. The minimum Gasteiger partial charge on any atom is -0.387 e. The lowest BCUT2D eigenvalue weighted by molar-refractivity contribution is 0.0194. The number of aryl methyl sites for hydroxylation is 1. The van der Waals surface area contributed by atoms with E-state index in [0.29, 0.717) is 6.04 Å². The van der Waals surface area contributed by atoms with Crippen LogP contribution >= 0.6 is 0 Å². The number of rotatable bonds is 5. The van der Waals surface area contributed by atoms with Gasteiger partial charge in [0, 0.05) is 38.3 Å². The van der Waals surface area contributed by atoms with Gasteiger partial charge in [-0.05, 0) is 38.3 Å². The predicted octanol–water partition coefficient (Wildman–Crippen LogP) is 2.70. The fourth-order valence-electron chi connectivity index (χ4n) is 3.09. The molecule has 3 heteroatoms. The first kappa shape index (κ1) is 16.5. The SMILES string of the molecule is CCc1ccc(C(O)C(C)N2CCN(C(C)C)CC2)cc1. The van der Waals surface area contributed by atoms with Gasteiger partial charge in [-0.25, -0.2) is 0 Å². The van der Waals surface area contributed by atoms with E-state index in [2.05, 4.69) is 61.8 Å². The molecule has 0 bridgehead atoms. The highest BCUT2D eigenvalue weighted by atomic mass is 16.3. The van der Waals surface area contributed by atoms with Gasteiger partial charge in [-0.2, -0.15) is 0 Å². The first-order chi connectivity index (χ1) is 10.0. The van der Waals surface area contributed by atoms with E-state index in [9.17, 15) is 5.11 Å². The maximum Gasteiger partial charge on any atom is 0.0942 e. The average molecular weight is 290 g/mol. The highest BCUT2D eigenvalue weighted by molar-refractivity contribution is 5.25. The second-order valence-electron chi connectivity index (χ2n) is 6.45. The Balaban J connectivity index is 1.94. The fraction of sp³-hybridized carbons (Fsp3) is 0.667. The topological polar surface area (TPSA) is 26.7 Å². The first-order valence-corrected chi connectivity index (χ1v) is 8.28. The minimum atomic E-state index is -0.401. The highest BCUT2D eigenvalue weighted by Gasteiger charge is 2.27. The molecule has 0 radical (unpaired) electrons. The largest absolute Gasteiger partial charge is 0.387 e. The van der Waals surface area contributed by atoms with Crippen LogP contribution in [0.15, 0.2) is 24.3 Å². The van der Waals surface area contributed by atoms with E-state index in [1.165, 1.54) is 5.56 Å². The monoisotopic (exact) mass is 290 g/mol. The molecule has 1 aliphatic heterocycles. The van der Waals surface area contributed by atoms with Crippen molar-refractivity contribution in [2.24, 2.45) is 0 Å². The van der Waals surface area contributed by atoms with Gasteiger partial charge in [-0.3, -0.25) is 9.80 Å². The number of hydrogen-bond donors (Lipinski definition) is 1. The molecule has 2 rings (SSSR count). The third-order valence-electron chi connectivity index (χ3n) is 4.84. The molecule has 0 aliphatic carbocycles. The standard InChI is InChI=1S/C18H30N2O/c1-5-16-6-8-17(9-7-16)18(21)15(4)20-12-10-19(11-13-20)14(2)3/h6-9,14-15,18,21H,5,10-13H2,1-4H3. The maximum atomic E-state index is 10.6. The van der Waals surface area contributed by atoms with Gasteiger partial charge in [-0.1, -0.05) is 31.2 Å². The van der Waals surface area contributed by atoms with Crippen molar-refractivity contribution in [3.63, 3.8) is 0 Å². The van der Waals surface area contributed by atoms with Crippen LogP contribution in [-0.2, 0) is 6.42 Å². The molecule has 0 aromatic heterocycles. The summed E-state index contributed by atoms with van der Waals surface area (Å²) in [6, 6.07) is 9.19. The van der Waals surface area contributed by atoms with Gasteiger partial charge in [0.05, 0.1) is 6.10 Å². The zero-order valence-electron chi connectivity index (χ0n) is 13.9. The van der Waals surface area contributed by atoms with E-state index in [4.69, 9.17) is 0 Å². The van der Waals surface area contributed by atoms with Crippen molar-refractivity contribution >= 4 is 0 Å². The molecule has 1 aromatic rings. The van der Waals surface area contributed by atoms with Crippen LogP contribution in [-0.4, -0.2) is 53.2 Å². The molecule has 1 fully saturated rings. The molecule has 118 valence electrons. The summed E-state index contributed by atoms with van der Waals surface area (Å²) in [5, 5.41) is 10.6. The van der Waals surface area contributed by atoms with E-state index < -0.39 is 6.10 Å². The van der Waals surface area contributed by atoms with Crippen LogP contribution in [0, 0.1) is 0 Å². The van der Waals surface area contributed by atoms with Crippen LogP contribution in [0.4, 0.5) is 0 Å². The predicted molar refractivity (Wildman–Crippen MR) is 88.5 cm³/mol. The molecular weight excluding hydrogens is 260 g/mol. The Morgan fingerprint density at radius 1 is 0.952 bits per heavy atom. The molecule has 1 heterocycles. The summed E-state index contributed by atoms with van der Waals surface area (Å²) in [5.74, 6) is 0. The van der Waals surface area contributed by atoms with Crippen molar-refractivity contribution in [2.75, 3.05) is 26.2 Å². The Kier molecular flexibility index (Phi) is 5.80. The summed E-state index contributed by atoms with van der Waals surface area (Å²) >= 11 is 0. The number of aliphatic hydroxyl groups is 1. The summed E-state index contributed by atoms with van der Waals surface area (Å²) in [7, 11) is 0. The molecule has 1 N–H and O–H groups in total. The van der Waals surface area contributed by atoms with Crippen molar-refractivity contribution in [2.45, 2.75) is 52.3 Å². The summed E-state index contributed by atoms with van der Waals surface area (Å²) in [6.07, 6.45) is 0.643. The molecule has 1 aromatic carbocycles. The summed E-state index contributed by atoms with van der Waals surface area (Å²) in [5.41, 5.74) is 2.36. The van der Waals surface area contributed by atoms with Crippen LogP contribution in [0.25, 0.3) is 0 Å². The van der Waals surface area contributed by atoms with Crippen molar-refractivity contribution in [3.05, 3.63) is 35.4 Å². The van der Waals surface area contributed by atoms with Gasteiger partial charge >= 0.3 is 0 Å². The number of aliphatic hydroxyl groups excluding tert-OH is 1. The Morgan fingerprint density at radius 2 is 1.48 bits per heavy atom. The fourth-order valence-corrected chi connectivity index (χ4v) is 3.09. The molecule has 3 nitrogen and oxygen atoms in total. The minimum absolute atomic E-state index is 0.173. The van der Waals surface area contributed by atoms with Gasteiger partial charge in [-0.15, -0.1) is 0 Å². The molecule has 1 saturated heterocycles. The lowest BCUT2D eigenvalue weighted by Crippen LogP contribution is -2.52. The van der Waals surface area contributed by atoms with Crippen molar-refractivity contribution < 1.29 is 5.11 Å². The Hall–Kier alpha value is -0.900. The van der Waals surface area contributed by atoms with E-state index in [-0.39, 0.29) is 6.04 Å². The first-order valence-electron chi connectivity index (χ1n) is 8.28. The quantitative estimate of drug-likeness (QED) is 0.903. The van der Waals surface area contributed by atoms with E-state index in [1.807, 2.05) is 0 Å². The highest BCUT2D eigenvalue weighted by Crippen LogP contribution is 2.22. The number of benzene rings is 1. The summed E-state index contributed by atoms with van der Waals surface area (Å²) in [6.45, 7) is 13.1. The summed E-state index contributed by atoms with van der Waals surface area (Å²) < 4.78 is 0. The maximum absolute atomic E-state index is 10.6.